The molecule has 46 heavy (non-hydrogen) atoms. The summed E-state index contributed by atoms with van der Waals surface area (Å²) < 4.78 is 0. The lowest BCUT2D eigenvalue weighted by Crippen LogP contribution is -2.53. The van der Waals surface area contributed by atoms with Gasteiger partial charge in [0.2, 0.25) is 5.91 Å². The number of aliphatic hydroxyl groups is 1. The van der Waals surface area contributed by atoms with Gasteiger partial charge >= 0.3 is 5.97 Å². The van der Waals surface area contributed by atoms with Crippen molar-refractivity contribution in [1.29, 1.82) is 0 Å². The molecule has 0 fully saturated rings. The maximum absolute atomic E-state index is 13.7. The van der Waals surface area contributed by atoms with E-state index in [2.05, 4.69) is 20.9 Å². The summed E-state index contributed by atoms with van der Waals surface area (Å²) in [6, 6.07) is 24.8. The third-order valence-corrected chi connectivity index (χ3v) is 7.37. The summed E-state index contributed by atoms with van der Waals surface area (Å²) in [5.41, 5.74) is 2.07. The number of aromatic nitrogens is 1. The molecule has 0 aliphatic heterocycles. The van der Waals surface area contributed by atoms with Crippen LogP contribution in [0.2, 0.25) is 0 Å². The number of aliphatic carboxylic acids is 1. The lowest BCUT2D eigenvalue weighted by Gasteiger charge is -2.28. The van der Waals surface area contributed by atoms with E-state index in [0.717, 1.165) is 10.9 Å². The van der Waals surface area contributed by atoms with Gasteiger partial charge in [0.05, 0.1) is 17.7 Å². The fourth-order valence-electron chi connectivity index (χ4n) is 5.09. The van der Waals surface area contributed by atoms with Crippen LogP contribution in [-0.4, -0.2) is 62.6 Å². The normalized spacial score (nSPS) is 13.3. The van der Waals surface area contributed by atoms with Crippen LogP contribution in [0.15, 0.2) is 91.0 Å². The van der Waals surface area contributed by atoms with E-state index in [1.165, 1.54) is 0 Å². The Labute approximate surface area is 268 Å². The minimum Gasteiger partial charge on any atom is -0.481 e. The van der Waals surface area contributed by atoms with Crippen LogP contribution in [0.25, 0.3) is 10.9 Å². The molecule has 0 aliphatic carbocycles. The largest absolute Gasteiger partial charge is 0.481 e. The third-order valence-electron chi connectivity index (χ3n) is 7.37. The quantitative estimate of drug-likeness (QED) is 0.150. The number of amides is 3. The minimum absolute atomic E-state index is 0.0542. The third kappa shape index (κ3) is 9.70. The molecular formula is C36H40N4O6. The Bertz CT molecular complexity index is 1680. The fraction of sp³-hybridized carbons (Fsp3) is 0.306. The molecular weight excluding hydrogens is 584 g/mol. The van der Waals surface area contributed by atoms with Crippen molar-refractivity contribution in [3.05, 3.63) is 113 Å². The fourth-order valence-corrected chi connectivity index (χ4v) is 5.09. The number of fused-ring (bicyclic) bond motifs is 1. The molecule has 0 radical (unpaired) electrons. The molecule has 10 heteroatoms. The molecule has 0 saturated carbocycles. The zero-order valence-electron chi connectivity index (χ0n) is 26.2. The Morgan fingerprint density at radius 3 is 2.17 bits per heavy atom. The molecule has 0 bridgehead atoms. The average molecular weight is 625 g/mol. The molecule has 1 aromatic heterocycles. The monoisotopic (exact) mass is 624 g/mol. The first kappa shape index (κ1) is 33.8. The van der Waals surface area contributed by atoms with Crippen molar-refractivity contribution in [1.82, 2.24) is 20.9 Å². The summed E-state index contributed by atoms with van der Waals surface area (Å²) in [6.45, 7) is 5.64. The van der Waals surface area contributed by atoms with Gasteiger partial charge in [-0.3, -0.25) is 19.2 Å². The highest BCUT2D eigenvalue weighted by Crippen LogP contribution is 2.17. The maximum Gasteiger partial charge on any atom is 0.303 e. The summed E-state index contributed by atoms with van der Waals surface area (Å²) >= 11 is 0. The Morgan fingerprint density at radius 2 is 1.46 bits per heavy atom. The lowest BCUT2D eigenvalue weighted by molar-refractivity contribution is -0.137. The summed E-state index contributed by atoms with van der Waals surface area (Å²) in [5, 5.41) is 30.2. The first-order valence-electron chi connectivity index (χ1n) is 15.2. The second-order valence-corrected chi connectivity index (χ2v) is 12.3. The van der Waals surface area contributed by atoms with Crippen LogP contribution < -0.4 is 16.0 Å². The number of pyridine rings is 1. The van der Waals surface area contributed by atoms with Crippen molar-refractivity contribution < 1.29 is 29.4 Å². The van der Waals surface area contributed by atoms with Crippen molar-refractivity contribution in [2.45, 2.75) is 70.2 Å². The van der Waals surface area contributed by atoms with Crippen LogP contribution in [0.3, 0.4) is 0 Å². The van der Waals surface area contributed by atoms with Gasteiger partial charge < -0.3 is 26.2 Å². The number of aliphatic hydroxyl groups excluding tert-OH is 1. The number of para-hydroxylation sites is 1. The second-order valence-electron chi connectivity index (χ2n) is 12.3. The van der Waals surface area contributed by atoms with Crippen LogP contribution >= 0.6 is 0 Å². The predicted molar refractivity (Wildman–Crippen MR) is 175 cm³/mol. The number of hydrogen-bond donors (Lipinski definition) is 5. The molecule has 3 atom stereocenters. The van der Waals surface area contributed by atoms with Crippen molar-refractivity contribution in [3.8, 4) is 0 Å². The van der Waals surface area contributed by atoms with Gasteiger partial charge in [-0.25, -0.2) is 4.98 Å². The maximum atomic E-state index is 13.7. The first-order chi connectivity index (χ1) is 21.9. The highest BCUT2D eigenvalue weighted by atomic mass is 16.4. The number of carbonyl (C=O) groups excluding carboxylic acids is 3. The number of carbonyl (C=O) groups is 4. The van der Waals surface area contributed by atoms with Gasteiger partial charge in [-0.15, -0.1) is 0 Å². The smallest absolute Gasteiger partial charge is 0.303 e. The van der Waals surface area contributed by atoms with E-state index in [1.807, 2.05) is 63.2 Å². The zero-order valence-corrected chi connectivity index (χ0v) is 26.2. The van der Waals surface area contributed by atoms with Gasteiger partial charge in [-0.2, -0.15) is 0 Å². The van der Waals surface area contributed by atoms with Crippen LogP contribution in [-0.2, 0) is 22.4 Å². The molecule has 0 unspecified atom stereocenters. The lowest BCUT2D eigenvalue weighted by atomic mass is 9.93. The van der Waals surface area contributed by atoms with Crippen LogP contribution in [0.1, 0.15) is 65.6 Å². The van der Waals surface area contributed by atoms with E-state index >= 15 is 0 Å². The molecule has 4 aromatic rings. The van der Waals surface area contributed by atoms with E-state index in [0.29, 0.717) is 16.6 Å². The summed E-state index contributed by atoms with van der Waals surface area (Å²) in [4.78, 5) is 55.8. The number of benzene rings is 3. The van der Waals surface area contributed by atoms with Crippen molar-refractivity contribution in [2.75, 3.05) is 0 Å². The van der Waals surface area contributed by atoms with Gasteiger partial charge in [0.1, 0.15) is 11.7 Å². The highest BCUT2D eigenvalue weighted by molar-refractivity contribution is 5.98. The number of hydrogen-bond acceptors (Lipinski definition) is 6. The molecule has 3 aromatic carbocycles. The minimum atomic E-state index is -1.22. The van der Waals surface area contributed by atoms with Crippen molar-refractivity contribution in [3.63, 3.8) is 0 Å². The van der Waals surface area contributed by atoms with Crippen LogP contribution in [0.5, 0.6) is 0 Å². The number of rotatable bonds is 13. The van der Waals surface area contributed by atoms with Gasteiger partial charge in [0.15, 0.2) is 0 Å². The van der Waals surface area contributed by atoms with Crippen LogP contribution in [0.4, 0.5) is 0 Å². The van der Waals surface area contributed by atoms with E-state index in [-0.39, 0.29) is 37.3 Å². The molecule has 10 nitrogen and oxygen atoms in total. The zero-order chi connectivity index (χ0) is 33.3. The molecule has 5 N–H and O–H groups in total. The van der Waals surface area contributed by atoms with Crippen LogP contribution in [0, 0.1) is 0 Å². The summed E-state index contributed by atoms with van der Waals surface area (Å²) in [5.74, 6) is -2.68. The van der Waals surface area contributed by atoms with Gasteiger partial charge in [0, 0.05) is 29.3 Å². The number of nitrogens with zero attached hydrogens (tertiary/aromatic N) is 1. The summed E-state index contributed by atoms with van der Waals surface area (Å²) in [7, 11) is 0. The predicted octanol–water partition coefficient (Wildman–Crippen LogP) is 4.06. The van der Waals surface area contributed by atoms with Gasteiger partial charge in [-0.05, 0) is 62.9 Å². The molecule has 0 saturated heterocycles. The molecule has 3 amide bonds. The number of nitrogens with one attached hydrogen (secondary N) is 3. The van der Waals surface area contributed by atoms with E-state index in [4.69, 9.17) is 0 Å². The van der Waals surface area contributed by atoms with E-state index < -0.39 is 41.5 Å². The SMILES string of the molecule is CC(C)(C)NC(=O)c1ccccc1C[C@@H](O)[C@H](Cc1ccccc1)NC(=O)[C@H](CCC(=O)O)NC(=O)c1ccc2ccccc2n1. The van der Waals surface area contributed by atoms with Gasteiger partial charge in [0.25, 0.3) is 11.8 Å². The molecule has 240 valence electrons. The van der Waals surface area contributed by atoms with Crippen molar-refractivity contribution >= 4 is 34.6 Å². The van der Waals surface area contributed by atoms with E-state index in [9.17, 15) is 29.4 Å². The van der Waals surface area contributed by atoms with E-state index in [1.54, 1.807) is 48.5 Å². The average Bonchev–Trinajstić information content (AvgIpc) is 3.02. The van der Waals surface area contributed by atoms with Gasteiger partial charge in [-0.1, -0.05) is 72.8 Å². The molecule has 0 spiro atoms. The van der Waals surface area contributed by atoms with Crippen molar-refractivity contribution in [2.24, 2.45) is 0 Å². The standard InChI is InChI=1S/C36H40N4O6/c1-36(2,3)40-33(44)26-15-9-7-14-25(26)22-31(41)30(21-23-11-5-4-6-12-23)39-35(46)29(19-20-32(42)43)38-34(45)28-18-17-24-13-8-10-16-27(24)37-28/h4-18,29-31,41H,19-22H2,1-3H3,(H,38,45)(H,39,46)(H,40,44)(H,42,43)/t29-,30-,31+/m0/s1. The molecule has 0 aliphatic rings. The second kappa shape index (κ2) is 15.3. The number of carboxylic acid groups (broad SMARTS) is 1. The highest BCUT2D eigenvalue weighted by Gasteiger charge is 2.29. The Hall–Kier alpha value is -5.09. The number of carboxylic acids is 1. The Kier molecular flexibility index (Phi) is 11.2. The topological polar surface area (TPSA) is 158 Å². The molecule has 4 rings (SSSR count). The molecule has 1 heterocycles. The Morgan fingerprint density at radius 1 is 0.783 bits per heavy atom. The Balaban J connectivity index is 1.57. The first-order valence-corrected chi connectivity index (χ1v) is 15.2. The summed E-state index contributed by atoms with van der Waals surface area (Å²) in [6.07, 6.45) is -1.38.